The molecule has 1 atom stereocenters. The fourth-order valence-electron chi connectivity index (χ4n) is 2.54. The van der Waals surface area contributed by atoms with Gasteiger partial charge in [-0.15, -0.1) is 0 Å². The Bertz CT molecular complexity index is 340. The molecule has 86 valence electrons. The molecule has 0 saturated carbocycles. The molecule has 0 heterocycles. The smallest absolute Gasteiger partial charge is 0.00746 e. The lowest BCUT2D eigenvalue weighted by Gasteiger charge is -2.12. The summed E-state index contributed by atoms with van der Waals surface area (Å²) < 4.78 is 0. The van der Waals surface area contributed by atoms with E-state index in [4.69, 9.17) is 5.73 Å². The molecule has 1 heteroatoms. The Labute approximate surface area is 98.4 Å². The quantitative estimate of drug-likeness (QED) is 0.819. The Balaban J connectivity index is 2.01. The number of nitrogens with two attached hydrogens (primary N) is 1. The van der Waals surface area contributed by atoms with E-state index in [2.05, 4.69) is 36.4 Å². The average molecular weight is 215 g/mol. The average Bonchev–Trinajstić information content (AvgIpc) is 2.57. The highest BCUT2D eigenvalue weighted by molar-refractivity contribution is 5.65. The predicted molar refractivity (Wildman–Crippen MR) is 70.0 cm³/mol. The zero-order valence-electron chi connectivity index (χ0n) is 9.86. The van der Waals surface area contributed by atoms with Gasteiger partial charge in [-0.2, -0.15) is 0 Å². The predicted octanol–water partition coefficient (Wildman–Crippen LogP) is 3.61. The molecule has 2 N–H and O–H groups in total. The Morgan fingerprint density at radius 3 is 2.69 bits per heavy atom. The molecule has 0 spiro atoms. The van der Waals surface area contributed by atoms with E-state index in [1.807, 2.05) is 0 Å². The zero-order chi connectivity index (χ0) is 11.2. The molecule has 1 aliphatic carbocycles. The highest BCUT2D eigenvalue weighted by atomic mass is 14.5. The molecule has 1 aromatic carbocycles. The summed E-state index contributed by atoms with van der Waals surface area (Å²) in [6.45, 7) is 0.839. The first-order valence-corrected chi connectivity index (χ1v) is 6.34. The van der Waals surface area contributed by atoms with Crippen LogP contribution in [0.4, 0.5) is 0 Å². The zero-order valence-corrected chi connectivity index (χ0v) is 9.86. The number of rotatable bonds is 3. The first kappa shape index (κ1) is 11.4. The van der Waals surface area contributed by atoms with Crippen LogP contribution in [0, 0.1) is 5.92 Å². The lowest BCUT2D eigenvalue weighted by molar-refractivity contribution is 0.441. The van der Waals surface area contributed by atoms with Crippen LogP contribution in [0.2, 0.25) is 0 Å². The van der Waals surface area contributed by atoms with Crippen molar-refractivity contribution >= 4 is 5.57 Å². The van der Waals surface area contributed by atoms with E-state index < -0.39 is 0 Å². The summed E-state index contributed by atoms with van der Waals surface area (Å²) in [6, 6.07) is 10.8. The number of benzene rings is 1. The topological polar surface area (TPSA) is 26.0 Å². The van der Waals surface area contributed by atoms with E-state index in [1.54, 1.807) is 0 Å². The normalized spacial score (nSPS) is 21.3. The highest BCUT2D eigenvalue weighted by Gasteiger charge is 2.13. The van der Waals surface area contributed by atoms with Crippen LogP contribution >= 0.6 is 0 Å². The molecular weight excluding hydrogens is 194 g/mol. The lowest BCUT2D eigenvalue weighted by Crippen LogP contribution is -2.07. The molecule has 0 radical (unpaired) electrons. The van der Waals surface area contributed by atoms with Gasteiger partial charge in [0.15, 0.2) is 0 Å². The van der Waals surface area contributed by atoms with Gasteiger partial charge in [0.2, 0.25) is 0 Å². The van der Waals surface area contributed by atoms with Crippen LogP contribution in [0.5, 0.6) is 0 Å². The second-order valence-electron chi connectivity index (χ2n) is 4.65. The van der Waals surface area contributed by atoms with Gasteiger partial charge in [-0.05, 0) is 55.7 Å². The number of hydrogen-bond donors (Lipinski definition) is 1. The highest BCUT2D eigenvalue weighted by Crippen LogP contribution is 2.30. The van der Waals surface area contributed by atoms with Gasteiger partial charge in [0.05, 0.1) is 0 Å². The van der Waals surface area contributed by atoms with Crippen LogP contribution in [-0.2, 0) is 0 Å². The summed E-state index contributed by atoms with van der Waals surface area (Å²) in [5.41, 5.74) is 8.57. The van der Waals surface area contributed by atoms with Gasteiger partial charge in [0, 0.05) is 0 Å². The fraction of sp³-hybridized carbons (Fsp3) is 0.467. The minimum Gasteiger partial charge on any atom is -0.330 e. The minimum absolute atomic E-state index is 0.836. The van der Waals surface area contributed by atoms with Crippen LogP contribution < -0.4 is 5.73 Å². The summed E-state index contributed by atoms with van der Waals surface area (Å²) in [4.78, 5) is 0. The molecule has 16 heavy (non-hydrogen) atoms. The molecule has 0 amide bonds. The molecule has 1 unspecified atom stereocenters. The fourth-order valence-corrected chi connectivity index (χ4v) is 2.54. The Morgan fingerprint density at radius 1 is 1.12 bits per heavy atom. The van der Waals surface area contributed by atoms with Crippen LogP contribution in [0.1, 0.15) is 37.7 Å². The van der Waals surface area contributed by atoms with Crippen molar-refractivity contribution in [3.8, 4) is 0 Å². The van der Waals surface area contributed by atoms with Crippen molar-refractivity contribution in [1.29, 1.82) is 0 Å². The van der Waals surface area contributed by atoms with Crippen molar-refractivity contribution in [2.45, 2.75) is 32.1 Å². The van der Waals surface area contributed by atoms with Crippen molar-refractivity contribution < 1.29 is 0 Å². The molecule has 0 fully saturated rings. The second-order valence-corrected chi connectivity index (χ2v) is 4.65. The van der Waals surface area contributed by atoms with E-state index in [9.17, 15) is 0 Å². The summed E-state index contributed by atoms with van der Waals surface area (Å²) in [5, 5.41) is 0. The van der Waals surface area contributed by atoms with Crippen molar-refractivity contribution in [2.75, 3.05) is 6.54 Å². The lowest BCUT2D eigenvalue weighted by atomic mass is 9.94. The van der Waals surface area contributed by atoms with Crippen molar-refractivity contribution in [3.05, 3.63) is 42.0 Å². The van der Waals surface area contributed by atoms with Crippen molar-refractivity contribution in [3.63, 3.8) is 0 Å². The van der Waals surface area contributed by atoms with Gasteiger partial charge in [0.25, 0.3) is 0 Å². The first-order valence-electron chi connectivity index (χ1n) is 6.34. The Kier molecular flexibility index (Phi) is 4.17. The standard InChI is InChI=1S/C15H21N/c16-12-11-13-5-4-8-15(10-9-13)14-6-2-1-3-7-14/h1-3,6-8,13H,4-5,9-12,16H2. The maximum absolute atomic E-state index is 5.64. The van der Waals surface area contributed by atoms with Gasteiger partial charge < -0.3 is 5.73 Å². The molecule has 0 saturated heterocycles. The summed E-state index contributed by atoms with van der Waals surface area (Å²) in [5.74, 6) is 0.836. The molecule has 1 aliphatic rings. The molecule has 0 aliphatic heterocycles. The molecule has 1 nitrogen and oxygen atoms in total. The van der Waals surface area contributed by atoms with Crippen LogP contribution in [0.15, 0.2) is 36.4 Å². The third-order valence-corrected chi connectivity index (χ3v) is 3.51. The Hall–Kier alpha value is -1.08. The summed E-state index contributed by atoms with van der Waals surface area (Å²) in [6.07, 6.45) is 8.66. The van der Waals surface area contributed by atoms with E-state index in [-0.39, 0.29) is 0 Å². The minimum atomic E-state index is 0.836. The molecular formula is C15H21N. The monoisotopic (exact) mass is 215 g/mol. The third kappa shape index (κ3) is 2.96. The van der Waals surface area contributed by atoms with Crippen molar-refractivity contribution in [2.24, 2.45) is 11.7 Å². The van der Waals surface area contributed by atoms with Gasteiger partial charge >= 0.3 is 0 Å². The molecule has 2 rings (SSSR count). The van der Waals surface area contributed by atoms with Gasteiger partial charge in [-0.1, -0.05) is 36.4 Å². The number of allylic oxidation sites excluding steroid dienone is 2. The van der Waals surface area contributed by atoms with Gasteiger partial charge in [-0.25, -0.2) is 0 Å². The van der Waals surface area contributed by atoms with Crippen LogP contribution in [0.25, 0.3) is 5.57 Å². The van der Waals surface area contributed by atoms with E-state index in [0.717, 1.165) is 12.5 Å². The third-order valence-electron chi connectivity index (χ3n) is 3.51. The van der Waals surface area contributed by atoms with Crippen molar-refractivity contribution in [1.82, 2.24) is 0 Å². The molecule has 0 aromatic heterocycles. The first-order chi connectivity index (χ1) is 7.90. The van der Waals surface area contributed by atoms with Crippen LogP contribution in [-0.4, -0.2) is 6.54 Å². The Morgan fingerprint density at radius 2 is 1.94 bits per heavy atom. The SMILES string of the molecule is NCCC1CCC=C(c2ccccc2)CC1. The van der Waals surface area contributed by atoms with Crippen LogP contribution in [0.3, 0.4) is 0 Å². The maximum atomic E-state index is 5.64. The van der Waals surface area contributed by atoms with E-state index >= 15 is 0 Å². The number of hydrogen-bond acceptors (Lipinski definition) is 1. The van der Waals surface area contributed by atoms with Gasteiger partial charge in [-0.3, -0.25) is 0 Å². The van der Waals surface area contributed by atoms with E-state index in [1.165, 1.54) is 43.2 Å². The maximum Gasteiger partial charge on any atom is -0.00746 e. The summed E-state index contributed by atoms with van der Waals surface area (Å²) >= 11 is 0. The largest absolute Gasteiger partial charge is 0.330 e. The van der Waals surface area contributed by atoms with Gasteiger partial charge in [0.1, 0.15) is 0 Å². The second kappa shape index (κ2) is 5.86. The molecule has 1 aromatic rings. The van der Waals surface area contributed by atoms with E-state index in [0.29, 0.717) is 0 Å². The summed E-state index contributed by atoms with van der Waals surface area (Å²) in [7, 11) is 0. The molecule has 0 bridgehead atoms.